The molecule has 0 saturated carbocycles. The maximum atomic E-state index is 11.8. The van der Waals surface area contributed by atoms with Crippen LogP contribution in [0.25, 0.3) is 6.08 Å². The molecule has 0 aliphatic heterocycles. The van der Waals surface area contributed by atoms with E-state index >= 15 is 0 Å². The third kappa shape index (κ3) is 4.93. The fourth-order valence-electron chi connectivity index (χ4n) is 1.04. The summed E-state index contributed by atoms with van der Waals surface area (Å²) in [4.78, 5) is 0. The van der Waals surface area contributed by atoms with Gasteiger partial charge in [0.1, 0.15) is 5.75 Å². The average Bonchev–Trinajstić information content (AvgIpc) is 2.20. The van der Waals surface area contributed by atoms with Crippen molar-refractivity contribution in [3.8, 4) is 5.75 Å². The zero-order chi connectivity index (χ0) is 11.1. The summed E-state index contributed by atoms with van der Waals surface area (Å²) in [5.74, 6) is 0.183. The zero-order valence-corrected chi connectivity index (χ0v) is 9.58. The van der Waals surface area contributed by atoms with Gasteiger partial charge in [0, 0.05) is 5.33 Å². The van der Waals surface area contributed by atoms with Crippen molar-refractivity contribution in [1.82, 2.24) is 0 Å². The van der Waals surface area contributed by atoms with Crippen molar-refractivity contribution in [3.63, 3.8) is 0 Å². The molecule has 82 valence electrons. The SMILES string of the molecule is FC(F)Oc1ccc(C=CCCBr)cc1. The molecule has 0 aliphatic carbocycles. The van der Waals surface area contributed by atoms with Gasteiger partial charge in [0.25, 0.3) is 0 Å². The van der Waals surface area contributed by atoms with Gasteiger partial charge in [0.05, 0.1) is 0 Å². The van der Waals surface area contributed by atoms with E-state index in [0.717, 1.165) is 17.3 Å². The van der Waals surface area contributed by atoms with Gasteiger partial charge in [-0.1, -0.05) is 40.2 Å². The van der Waals surface area contributed by atoms with Crippen LogP contribution < -0.4 is 4.74 Å². The van der Waals surface area contributed by atoms with Gasteiger partial charge in [-0.05, 0) is 24.1 Å². The molecule has 0 fully saturated rings. The maximum Gasteiger partial charge on any atom is 0.387 e. The van der Waals surface area contributed by atoms with E-state index in [1.165, 1.54) is 12.1 Å². The Hall–Kier alpha value is -0.900. The Bertz CT molecular complexity index is 309. The third-order valence-electron chi connectivity index (χ3n) is 1.69. The van der Waals surface area contributed by atoms with E-state index in [4.69, 9.17) is 0 Å². The highest BCUT2D eigenvalue weighted by Gasteiger charge is 2.02. The molecule has 0 aromatic heterocycles. The fourth-order valence-corrected chi connectivity index (χ4v) is 1.31. The molecule has 0 aliphatic rings. The monoisotopic (exact) mass is 276 g/mol. The summed E-state index contributed by atoms with van der Waals surface area (Å²) in [5.41, 5.74) is 0.970. The van der Waals surface area contributed by atoms with Crippen LogP contribution in [0.3, 0.4) is 0 Å². The van der Waals surface area contributed by atoms with Crippen LogP contribution in [-0.2, 0) is 0 Å². The lowest BCUT2D eigenvalue weighted by atomic mass is 10.2. The molecule has 4 heteroatoms. The molecule has 0 heterocycles. The number of hydrogen-bond donors (Lipinski definition) is 0. The van der Waals surface area contributed by atoms with Crippen molar-refractivity contribution < 1.29 is 13.5 Å². The molecule has 0 saturated heterocycles. The Morgan fingerprint density at radius 1 is 1.27 bits per heavy atom. The van der Waals surface area contributed by atoms with Crippen LogP contribution in [0.1, 0.15) is 12.0 Å². The number of alkyl halides is 3. The van der Waals surface area contributed by atoms with Gasteiger partial charge < -0.3 is 4.74 Å². The Balaban J connectivity index is 2.56. The van der Waals surface area contributed by atoms with Crippen molar-refractivity contribution in [3.05, 3.63) is 35.9 Å². The molecule has 0 bridgehead atoms. The number of halogens is 3. The minimum absolute atomic E-state index is 0.183. The van der Waals surface area contributed by atoms with Gasteiger partial charge in [-0.3, -0.25) is 0 Å². The summed E-state index contributed by atoms with van der Waals surface area (Å²) in [6.45, 7) is -2.76. The first-order valence-corrected chi connectivity index (χ1v) is 5.62. The number of rotatable bonds is 5. The number of hydrogen-bond acceptors (Lipinski definition) is 1. The van der Waals surface area contributed by atoms with Crippen LogP contribution in [0.2, 0.25) is 0 Å². The van der Waals surface area contributed by atoms with E-state index in [2.05, 4.69) is 20.7 Å². The molecule has 0 atom stereocenters. The Labute approximate surface area is 95.9 Å². The number of benzene rings is 1. The summed E-state index contributed by atoms with van der Waals surface area (Å²) in [5, 5.41) is 0.913. The third-order valence-corrected chi connectivity index (χ3v) is 2.15. The minimum Gasteiger partial charge on any atom is -0.435 e. The standard InChI is InChI=1S/C11H11BrF2O/c12-8-2-1-3-9-4-6-10(7-5-9)15-11(13)14/h1,3-7,11H,2,8H2. The van der Waals surface area contributed by atoms with Gasteiger partial charge in [-0.2, -0.15) is 8.78 Å². The molecule has 0 N–H and O–H groups in total. The molecule has 1 aromatic carbocycles. The van der Waals surface area contributed by atoms with Crippen LogP contribution in [0.15, 0.2) is 30.3 Å². The molecule has 0 unspecified atom stereocenters. The van der Waals surface area contributed by atoms with Crippen LogP contribution >= 0.6 is 15.9 Å². The first-order chi connectivity index (χ1) is 7.22. The predicted molar refractivity (Wildman–Crippen MR) is 60.5 cm³/mol. The second-order valence-electron chi connectivity index (χ2n) is 2.83. The lowest BCUT2D eigenvalue weighted by molar-refractivity contribution is -0.0498. The Morgan fingerprint density at radius 3 is 2.47 bits per heavy atom. The molecular formula is C11H11BrF2O. The van der Waals surface area contributed by atoms with E-state index < -0.39 is 6.61 Å². The van der Waals surface area contributed by atoms with Gasteiger partial charge in [-0.25, -0.2) is 0 Å². The molecule has 1 nitrogen and oxygen atoms in total. The smallest absolute Gasteiger partial charge is 0.387 e. The van der Waals surface area contributed by atoms with Crippen LogP contribution in [-0.4, -0.2) is 11.9 Å². The lowest BCUT2D eigenvalue weighted by Gasteiger charge is -2.03. The molecule has 0 amide bonds. The summed E-state index contributed by atoms with van der Waals surface area (Å²) < 4.78 is 27.9. The molecular weight excluding hydrogens is 266 g/mol. The van der Waals surface area contributed by atoms with Crippen molar-refractivity contribution in [2.75, 3.05) is 5.33 Å². The number of ether oxygens (including phenoxy) is 1. The van der Waals surface area contributed by atoms with Gasteiger partial charge in [-0.15, -0.1) is 0 Å². The van der Waals surface area contributed by atoms with Crippen LogP contribution in [0, 0.1) is 0 Å². The first-order valence-electron chi connectivity index (χ1n) is 4.50. The molecule has 0 spiro atoms. The van der Waals surface area contributed by atoms with Gasteiger partial charge >= 0.3 is 6.61 Å². The van der Waals surface area contributed by atoms with Crippen molar-refractivity contribution >= 4 is 22.0 Å². The summed E-state index contributed by atoms with van der Waals surface area (Å²) in [7, 11) is 0. The highest BCUT2D eigenvalue weighted by atomic mass is 79.9. The van der Waals surface area contributed by atoms with E-state index in [0.29, 0.717) is 0 Å². The molecule has 1 rings (SSSR count). The van der Waals surface area contributed by atoms with E-state index in [9.17, 15) is 8.78 Å². The Morgan fingerprint density at radius 2 is 1.93 bits per heavy atom. The fraction of sp³-hybridized carbons (Fsp3) is 0.273. The second-order valence-corrected chi connectivity index (χ2v) is 3.62. The normalized spacial score (nSPS) is 11.2. The minimum atomic E-state index is -2.76. The quantitative estimate of drug-likeness (QED) is 0.737. The highest BCUT2D eigenvalue weighted by molar-refractivity contribution is 9.09. The predicted octanol–water partition coefficient (Wildman–Crippen LogP) is 4.09. The van der Waals surface area contributed by atoms with Crippen molar-refractivity contribution in [2.24, 2.45) is 0 Å². The largest absolute Gasteiger partial charge is 0.435 e. The van der Waals surface area contributed by atoms with Gasteiger partial charge in [0.15, 0.2) is 0 Å². The van der Waals surface area contributed by atoms with Crippen LogP contribution in [0.4, 0.5) is 8.78 Å². The topological polar surface area (TPSA) is 9.23 Å². The molecule has 15 heavy (non-hydrogen) atoms. The summed E-state index contributed by atoms with van der Waals surface area (Å²) in [6.07, 6.45) is 4.89. The lowest BCUT2D eigenvalue weighted by Crippen LogP contribution is -2.01. The zero-order valence-electron chi connectivity index (χ0n) is 8.00. The van der Waals surface area contributed by atoms with Crippen LogP contribution in [0.5, 0.6) is 5.75 Å². The second kappa shape index (κ2) is 6.56. The van der Waals surface area contributed by atoms with E-state index in [-0.39, 0.29) is 5.75 Å². The van der Waals surface area contributed by atoms with Crippen molar-refractivity contribution in [2.45, 2.75) is 13.0 Å². The molecule has 0 radical (unpaired) electrons. The number of allylic oxidation sites excluding steroid dienone is 1. The first kappa shape index (κ1) is 12.2. The Kier molecular flexibility index (Phi) is 5.32. The van der Waals surface area contributed by atoms with E-state index in [1.807, 2.05) is 12.2 Å². The maximum absolute atomic E-state index is 11.8. The average molecular weight is 277 g/mol. The summed E-state index contributed by atoms with van der Waals surface area (Å²) >= 11 is 3.31. The summed E-state index contributed by atoms with van der Waals surface area (Å²) in [6, 6.07) is 6.53. The molecule has 1 aromatic rings. The van der Waals surface area contributed by atoms with E-state index in [1.54, 1.807) is 12.1 Å². The van der Waals surface area contributed by atoms with Crippen molar-refractivity contribution in [1.29, 1.82) is 0 Å². The highest BCUT2D eigenvalue weighted by Crippen LogP contribution is 2.15. The van der Waals surface area contributed by atoms with Gasteiger partial charge in [0.2, 0.25) is 0 Å².